The third-order valence-corrected chi connectivity index (χ3v) is 9.43. The van der Waals surface area contributed by atoms with Gasteiger partial charge in [-0.3, -0.25) is 14.4 Å². The summed E-state index contributed by atoms with van der Waals surface area (Å²) >= 11 is 3.40. The number of carboxylic acid groups (broad SMARTS) is 1. The van der Waals surface area contributed by atoms with Gasteiger partial charge >= 0.3 is 12.1 Å². The molecule has 14 heteroatoms. The molecule has 2 aromatic carbocycles. The molecule has 0 aliphatic carbocycles. The van der Waals surface area contributed by atoms with Crippen LogP contribution in [0.1, 0.15) is 40.1 Å². The predicted molar refractivity (Wildman–Crippen MR) is 186 cm³/mol. The largest absolute Gasteiger partial charge is 0.465 e. The number of benzene rings is 2. The van der Waals surface area contributed by atoms with Gasteiger partial charge in [0, 0.05) is 35.1 Å². The highest BCUT2D eigenvalue weighted by molar-refractivity contribution is 7.92. The Morgan fingerprint density at radius 1 is 0.830 bits per heavy atom. The van der Waals surface area contributed by atoms with E-state index in [1.54, 1.807) is 77.3 Å². The molecule has 0 aliphatic heterocycles. The second-order valence-corrected chi connectivity index (χ2v) is 14.8. The first kappa shape index (κ1) is 35.6. The van der Waals surface area contributed by atoms with E-state index >= 15 is 0 Å². The third kappa shape index (κ3) is 12.5. The van der Waals surface area contributed by atoms with Crippen molar-refractivity contribution in [3.8, 4) is 0 Å². The summed E-state index contributed by atoms with van der Waals surface area (Å²) in [7, 11) is -3.47. The number of sulfonamides is 1. The Balaban J connectivity index is 1.41. The normalized spacial score (nSPS) is 12.0. The fraction of sp³-hybridized carbons (Fsp3) is 0.303. The molecule has 0 aliphatic rings. The number of nitrogens with one attached hydrogen (secondary N) is 3. The number of hydrogen-bond acceptors (Lipinski definition) is 8. The zero-order valence-corrected chi connectivity index (χ0v) is 28.5. The molecule has 0 spiro atoms. The van der Waals surface area contributed by atoms with Crippen molar-refractivity contribution in [2.75, 3.05) is 17.5 Å². The number of carbonyl (C=O) groups excluding carboxylic acids is 2. The Kier molecular flexibility index (Phi) is 13.3. The number of nitrogens with zero attached hydrogens (tertiary/aromatic N) is 2. The molecule has 2 aromatic heterocycles. The highest BCUT2D eigenvalue weighted by atomic mass is 32.2. The van der Waals surface area contributed by atoms with Crippen molar-refractivity contribution in [3.05, 3.63) is 111 Å². The Hall–Kier alpha value is -4.24. The molecule has 47 heavy (non-hydrogen) atoms. The lowest BCUT2D eigenvalue weighted by atomic mass is 10.1. The summed E-state index contributed by atoms with van der Waals surface area (Å²) in [5.74, 6) is -0.718. The maximum Gasteiger partial charge on any atom is 0.414 e. The van der Waals surface area contributed by atoms with Crippen molar-refractivity contribution in [2.24, 2.45) is 0 Å². The van der Waals surface area contributed by atoms with Crippen molar-refractivity contribution >= 4 is 56.4 Å². The van der Waals surface area contributed by atoms with Gasteiger partial charge in [-0.05, 0) is 72.0 Å². The third-order valence-electron chi connectivity index (χ3n) is 7.10. The minimum Gasteiger partial charge on any atom is -0.465 e. The van der Waals surface area contributed by atoms with Crippen molar-refractivity contribution in [3.63, 3.8) is 0 Å². The highest BCUT2D eigenvalue weighted by Gasteiger charge is 2.30. The van der Waals surface area contributed by atoms with Crippen LogP contribution in [0.25, 0.3) is 0 Å². The van der Waals surface area contributed by atoms with Gasteiger partial charge in [0.2, 0.25) is 10.0 Å². The molecule has 0 bridgehead atoms. The summed E-state index contributed by atoms with van der Waals surface area (Å²) < 4.78 is 25.6. The fourth-order valence-electron chi connectivity index (χ4n) is 4.95. The number of urea groups is 1. The van der Waals surface area contributed by atoms with E-state index in [0.717, 1.165) is 37.2 Å². The molecule has 4 rings (SSSR count). The van der Waals surface area contributed by atoms with E-state index < -0.39 is 34.1 Å². The zero-order valence-electron chi connectivity index (χ0n) is 26.0. The molecule has 0 saturated carbocycles. The fourth-order valence-corrected chi connectivity index (χ4v) is 6.99. The number of thiophene rings is 2. The van der Waals surface area contributed by atoms with Crippen LogP contribution in [-0.2, 0) is 41.0 Å². The molecule has 0 fully saturated rings. The lowest BCUT2D eigenvalue weighted by Crippen LogP contribution is -2.52. The Morgan fingerprint density at radius 3 is 2.09 bits per heavy atom. The van der Waals surface area contributed by atoms with Gasteiger partial charge in [-0.2, -0.15) is 0 Å². The molecular formula is C33H39N5O6S3. The average Bonchev–Trinajstić information content (AvgIpc) is 3.74. The SMILES string of the molecule is CS(=O)(=O)Nc1cccc(CNC(=O)N[C@@H](CCCCN(Cc2cccs2)Cc2cccs2)C(=O)N(Cc2ccccc2)C(=O)O)c1. The van der Waals surface area contributed by atoms with Gasteiger partial charge in [0.15, 0.2) is 0 Å². The molecule has 0 saturated heterocycles. The quantitative estimate of drug-likeness (QED) is 0.100. The second-order valence-electron chi connectivity index (χ2n) is 11.0. The molecule has 0 unspecified atom stereocenters. The van der Waals surface area contributed by atoms with Crippen LogP contribution in [0.5, 0.6) is 0 Å². The monoisotopic (exact) mass is 697 g/mol. The van der Waals surface area contributed by atoms with Crippen LogP contribution in [0.2, 0.25) is 0 Å². The topological polar surface area (TPSA) is 148 Å². The summed E-state index contributed by atoms with van der Waals surface area (Å²) in [6.07, 6.45) is 1.19. The van der Waals surface area contributed by atoms with Gasteiger partial charge in [0.05, 0.1) is 12.8 Å². The van der Waals surface area contributed by atoms with Crippen molar-refractivity contribution in [1.29, 1.82) is 0 Å². The molecule has 4 amide bonds. The minimum atomic E-state index is -3.47. The summed E-state index contributed by atoms with van der Waals surface area (Å²) in [5.41, 5.74) is 1.63. The molecule has 4 N–H and O–H groups in total. The Morgan fingerprint density at radius 2 is 1.49 bits per heavy atom. The zero-order chi connectivity index (χ0) is 33.6. The van der Waals surface area contributed by atoms with Crippen LogP contribution in [0, 0.1) is 0 Å². The summed E-state index contributed by atoms with van der Waals surface area (Å²) in [4.78, 5) is 44.5. The van der Waals surface area contributed by atoms with Crippen molar-refractivity contribution < 1.29 is 27.9 Å². The number of hydrogen-bond donors (Lipinski definition) is 4. The van der Waals surface area contributed by atoms with Crippen LogP contribution in [0.3, 0.4) is 0 Å². The van der Waals surface area contributed by atoms with Crippen LogP contribution in [0.15, 0.2) is 89.6 Å². The summed E-state index contributed by atoms with van der Waals surface area (Å²) in [5, 5.41) is 19.5. The van der Waals surface area contributed by atoms with E-state index in [0.29, 0.717) is 23.2 Å². The van der Waals surface area contributed by atoms with Gasteiger partial charge in [0.1, 0.15) is 6.04 Å². The van der Waals surface area contributed by atoms with E-state index in [2.05, 4.69) is 43.1 Å². The smallest absolute Gasteiger partial charge is 0.414 e. The van der Waals surface area contributed by atoms with Crippen LogP contribution in [-0.4, -0.2) is 60.2 Å². The Labute approximate surface area is 283 Å². The van der Waals surface area contributed by atoms with E-state index in [9.17, 15) is 27.9 Å². The number of unbranched alkanes of at least 4 members (excludes halogenated alkanes) is 1. The molecule has 1 atom stereocenters. The lowest BCUT2D eigenvalue weighted by molar-refractivity contribution is -0.131. The van der Waals surface area contributed by atoms with Crippen LogP contribution in [0.4, 0.5) is 15.3 Å². The van der Waals surface area contributed by atoms with Crippen LogP contribution < -0.4 is 15.4 Å². The molecule has 11 nitrogen and oxygen atoms in total. The first-order valence-electron chi connectivity index (χ1n) is 15.0. The first-order valence-corrected chi connectivity index (χ1v) is 18.7. The van der Waals surface area contributed by atoms with E-state index in [-0.39, 0.29) is 19.5 Å². The van der Waals surface area contributed by atoms with Crippen molar-refractivity contribution in [1.82, 2.24) is 20.4 Å². The number of imide groups is 1. The predicted octanol–water partition coefficient (Wildman–Crippen LogP) is 5.93. The number of carbonyl (C=O) groups is 3. The molecular weight excluding hydrogens is 659 g/mol. The number of rotatable bonds is 17. The molecule has 2 heterocycles. The van der Waals surface area contributed by atoms with Gasteiger partial charge in [-0.25, -0.2) is 22.9 Å². The van der Waals surface area contributed by atoms with E-state index in [4.69, 9.17) is 0 Å². The summed E-state index contributed by atoms with van der Waals surface area (Å²) in [6.45, 7) is 2.25. The lowest BCUT2D eigenvalue weighted by Gasteiger charge is -2.25. The van der Waals surface area contributed by atoms with Crippen molar-refractivity contribution in [2.45, 2.75) is 51.5 Å². The average molecular weight is 698 g/mol. The standard InChI is InChI=1S/C33H39N5O6S3/c1-47(43,44)36-27-13-7-12-26(20-27)21-34-32(40)35-30(31(39)38(33(41)42)22-25-10-3-2-4-11-25)16-5-6-17-37(23-28-14-8-18-45-28)24-29-15-9-19-46-29/h2-4,7-15,18-20,30,36H,5-6,16-17,21-24H2,1H3,(H,41,42)(H2,34,35,40)/t30-/m0/s1. The number of anilines is 1. The maximum absolute atomic E-state index is 13.7. The maximum atomic E-state index is 13.7. The van der Waals surface area contributed by atoms with Gasteiger partial charge < -0.3 is 15.7 Å². The number of amides is 4. The second kappa shape index (κ2) is 17.6. The minimum absolute atomic E-state index is 0.0546. The first-order chi connectivity index (χ1) is 22.6. The van der Waals surface area contributed by atoms with Gasteiger partial charge in [-0.15, -0.1) is 22.7 Å². The van der Waals surface area contributed by atoms with Crippen LogP contribution >= 0.6 is 22.7 Å². The Bertz CT molecular complexity index is 1650. The molecule has 0 radical (unpaired) electrons. The molecule has 4 aromatic rings. The van der Waals surface area contributed by atoms with E-state index in [1.165, 1.54) is 9.75 Å². The highest BCUT2D eigenvalue weighted by Crippen LogP contribution is 2.19. The van der Waals surface area contributed by atoms with Gasteiger partial charge in [0.25, 0.3) is 5.91 Å². The van der Waals surface area contributed by atoms with E-state index in [1.807, 2.05) is 12.1 Å². The molecule has 250 valence electrons. The summed E-state index contributed by atoms with van der Waals surface area (Å²) in [6, 6.07) is 21.9. The van der Waals surface area contributed by atoms with Gasteiger partial charge in [-0.1, -0.05) is 54.6 Å².